The lowest BCUT2D eigenvalue weighted by Gasteiger charge is -2.33. The van der Waals surface area contributed by atoms with Gasteiger partial charge in [-0.05, 0) is 38.6 Å². The maximum atomic E-state index is 12.9. The van der Waals surface area contributed by atoms with Crippen LogP contribution in [0.15, 0.2) is 23.1 Å². The van der Waals surface area contributed by atoms with Gasteiger partial charge in [0.1, 0.15) is 5.75 Å². The van der Waals surface area contributed by atoms with Crippen molar-refractivity contribution in [1.29, 1.82) is 0 Å². The lowest BCUT2D eigenvalue weighted by molar-refractivity contribution is 0.0940. The van der Waals surface area contributed by atoms with Crippen molar-refractivity contribution in [2.24, 2.45) is 0 Å². The van der Waals surface area contributed by atoms with Crippen LogP contribution in [0.5, 0.6) is 5.75 Å². The van der Waals surface area contributed by atoms with E-state index >= 15 is 0 Å². The van der Waals surface area contributed by atoms with Gasteiger partial charge in [0.15, 0.2) is 0 Å². The highest BCUT2D eigenvalue weighted by Gasteiger charge is 2.29. The molecule has 1 fully saturated rings. The molecule has 2 rings (SSSR count). The zero-order valence-electron chi connectivity index (χ0n) is 15.3. The van der Waals surface area contributed by atoms with Crippen LogP contribution in [-0.4, -0.2) is 69.4 Å². The van der Waals surface area contributed by atoms with E-state index in [4.69, 9.17) is 4.74 Å². The van der Waals surface area contributed by atoms with E-state index in [0.29, 0.717) is 31.9 Å². The smallest absolute Gasteiger partial charge is 0.255 e. The Morgan fingerprint density at radius 3 is 2.40 bits per heavy atom. The molecule has 0 unspecified atom stereocenters. The van der Waals surface area contributed by atoms with E-state index in [1.807, 2.05) is 13.8 Å². The molecule has 140 valence electrons. The fourth-order valence-electron chi connectivity index (χ4n) is 2.80. The number of ether oxygens (including phenoxy) is 1. The Morgan fingerprint density at radius 2 is 1.88 bits per heavy atom. The molecule has 1 aromatic rings. The van der Waals surface area contributed by atoms with Crippen LogP contribution < -0.4 is 10.1 Å². The zero-order valence-corrected chi connectivity index (χ0v) is 16.1. The number of sulfonamides is 1. The van der Waals surface area contributed by atoms with Gasteiger partial charge < -0.3 is 15.0 Å². The second-order valence-electron chi connectivity index (χ2n) is 6.33. The van der Waals surface area contributed by atoms with Crippen molar-refractivity contribution >= 4 is 15.9 Å². The Balaban J connectivity index is 2.30. The molecule has 1 saturated heterocycles. The predicted molar refractivity (Wildman–Crippen MR) is 96.5 cm³/mol. The summed E-state index contributed by atoms with van der Waals surface area (Å²) in [6.45, 7) is 9.00. The van der Waals surface area contributed by atoms with Gasteiger partial charge in [-0.25, -0.2) is 8.42 Å². The molecule has 1 amide bonds. The van der Waals surface area contributed by atoms with E-state index < -0.39 is 10.0 Å². The highest BCUT2D eigenvalue weighted by molar-refractivity contribution is 7.89. The number of carbonyl (C=O) groups excluding carboxylic acids is 1. The van der Waals surface area contributed by atoms with Crippen LogP contribution in [0.3, 0.4) is 0 Å². The summed E-state index contributed by atoms with van der Waals surface area (Å²) in [5.41, 5.74) is 0.226. The van der Waals surface area contributed by atoms with Gasteiger partial charge in [0.05, 0.1) is 17.6 Å². The largest absolute Gasteiger partial charge is 0.496 e. The van der Waals surface area contributed by atoms with Gasteiger partial charge in [-0.1, -0.05) is 6.92 Å². The molecule has 0 spiro atoms. The molecule has 0 aromatic heterocycles. The number of hydrogen-bond donors (Lipinski definition) is 1. The van der Waals surface area contributed by atoms with Crippen molar-refractivity contribution < 1.29 is 17.9 Å². The van der Waals surface area contributed by atoms with E-state index in [1.165, 1.54) is 29.6 Å². The average molecular weight is 369 g/mol. The third-order valence-corrected chi connectivity index (χ3v) is 6.15. The van der Waals surface area contributed by atoms with E-state index in [0.717, 1.165) is 6.54 Å². The van der Waals surface area contributed by atoms with Crippen LogP contribution in [0.2, 0.25) is 0 Å². The summed E-state index contributed by atoms with van der Waals surface area (Å²) >= 11 is 0. The lowest BCUT2D eigenvalue weighted by Crippen LogP contribution is -2.48. The SMILES string of the molecule is CCN1CCN(S(=O)(=O)c2ccc(OC)c(C(=O)NC(C)C)c2)CC1. The molecular weight excluding hydrogens is 342 g/mol. The summed E-state index contributed by atoms with van der Waals surface area (Å²) in [5.74, 6) is 0.00704. The number of carbonyl (C=O) groups is 1. The number of hydrogen-bond acceptors (Lipinski definition) is 5. The molecule has 0 bridgehead atoms. The molecule has 1 aromatic carbocycles. The average Bonchev–Trinajstić information content (AvgIpc) is 2.60. The molecule has 0 saturated carbocycles. The third-order valence-electron chi connectivity index (χ3n) is 4.25. The van der Waals surface area contributed by atoms with Crippen LogP contribution >= 0.6 is 0 Å². The monoisotopic (exact) mass is 369 g/mol. The molecule has 0 aliphatic carbocycles. The van der Waals surface area contributed by atoms with E-state index in [2.05, 4.69) is 17.1 Å². The number of piperazine rings is 1. The Hall–Kier alpha value is -1.64. The molecule has 0 atom stereocenters. The highest BCUT2D eigenvalue weighted by Crippen LogP contribution is 2.25. The Morgan fingerprint density at radius 1 is 1.24 bits per heavy atom. The molecule has 1 aliphatic rings. The standard InChI is InChI=1S/C17H27N3O4S/c1-5-19-8-10-20(11-9-19)25(22,23)14-6-7-16(24-4)15(12-14)17(21)18-13(2)3/h6-7,12-13H,5,8-11H2,1-4H3,(H,18,21). The molecule has 1 N–H and O–H groups in total. The predicted octanol–water partition coefficient (Wildman–Crippen LogP) is 1.16. The van der Waals surface area contributed by atoms with Crippen molar-refractivity contribution in [1.82, 2.24) is 14.5 Å². The summed E-state index contributed by atoms with van der Waals surface area (Å²) in [5, 5.41) is 2.77. The Labute approximate surface area is 150 Å². The maximum Gasteiger partial charge on any atom is 0.255 e. The first-order valence-corrected chi connectivity index (χ1v) is 9.95. The second kappa shape index (κ2) is 8.16. The molecule has 7 nitrogen and oxygen atoms in total. The van der Waals surface area contributed by atoms with Crippen LogP contribution in [0.4, 0.5) is 0 Å². The van der Waals surface area contributed by atoms with E-state index in [9.17, 15) is 13.2 Å². The van der Waals surface area contributed by atoms with Gasteiger partial charge >= 0.3 is 0 Å². The maximum absolute atomic E-state index is 12.9. The van der Waals surface area contributed by atoms with Crippen molar-refractivity contribution in [2.75, 3.05) is 39.8 Å². The minimum atomic E-state index is -3.63. The van der Waals surface area contributed by atoms with Crippen molar-refractivity contribution in [3.8, 4) is 5.75 Å². The van der Waals surface area contributed by atoms with Gasteiger partial charge in [-0.15, -0.1) is 0 Å². The molecule has 1 heterocycles. The van der Waals surface area contributed by atoms with Gasteiger partial charge in [-0.2, -0.15) is 4.31 Å². The number of likely N-dealkylation sites (N-methyl/N-ethyl adjacent to an activating group) is 1. The normalized spacial score (nSPS) is 16.8. The minimum Gasteiger partial charge on any atom is -0.496 e. The van der Waals surface area contributed by atoms with Crippen LogP contribution in [0.1, 0.15) is 31.1 Å². The van der Waals surface area contributed by atoms with Gasteiger partial charge in [0, 0.05) is 32.2 Å². The second-order valence-corrected chi connectivity index (χ2v) is 8.27. The minimum absolute atomic E-state index is 0.0559. The molecule has 1 aliphatic heterocycles. The van der Waals surface area contributed by atoms with Crippen molar-refractivity contribution in [3.05, 3.63) is 23.8 Å². The molecular formula is C17H27N3O4S. The molecule has 8 heteroatoms. The Kier molecular flexibility index (Phi) is 6.42. The highest BCUT2D eigenvalue weighted by atomic mass is 32.2. The first kappa shape index (κ1) is 19.7. The van der Waals surface area contributed by atoms with Crippen LogP contribution in [-0.2, 0) is 10.0 Å². The van der Waals surface area contributed by atoms with Crippen molar-refractivity contribution in [3.63, 3.8) is 0 Å². The summed E-state index contributed by atoms with van der Waals surface area (Å²) in [6.07, 6.45) is 0. The number of amides is 1. The summed E-state index contributed by atoms with van der Waals surface area (Å²) in [6, 6.07) is 4.37. The van der Waals surface area contributed by atoms with Gasteiger partial charge in [0.2, 0.25) is 10.0 Å². The first-order valence-electron chi connectivity index (χ1n) is 8.51. The molecule has 0 radical (unpaired) electrons. The molecule has 25 heavy (non-hydrogen) atoms. The van der Waals surface area contributed by atoms with Gasteiger partial charge in [0.25, 0.3) is 5.91 Å². The van der Waals surface area contributed by atoms with Crippen LogP contribution in [0, 0.1) is 0 Å². The number of nitrogens with one attached hydrogen (secondary N) is 1. The zero-order chi connectivity index (χ0) is 18.6. The van der Waals surface area contributed by atoms with Gasteiger partial charge in [-0.3, -0.25) is 4.79 Å². The van der Waals surface area contributed by atoms with E-state index in [-0.39, 0.29) is 22.4 Å². The topological polar surface area (TPSA) is 79.0 Å². The van der Waals surface area contributed by atoms with Crippen molar-refractivity contribution in [2.45, 2.75) is 31.7 Å². The number of methoxy groups -OCH3 is 1. The third kappa shape index (κ3) is 4.50. The fourth-order valence-corrected chi connectivity index (χ4v) is 4.25. The quantitative estimate of drug-likeness (QED) is 0.814. The summed E-state index contributed by atoms with van der Waals surface area (Å²) in [7, 11) is -2.17. The van der Waals surface area contributed by atoms with Crippen LogP contribution in [0.25, 0.3) is 0 Å². The first-order chi connectivity index (χ1) is 11.8. The Bertz CT molecular complexity index is 711. The number of benzene rings is 1. The lowest BCUT2D eigenvalue weighted by atomic mass is 10.2. The fraction of sp³-hybridized carbons (Fsp3) is 0.588. The summed E-state index contributed by atoms with van der Waals surface area (Å²) in [4.78, 5) is 14.7. The van der Waals surface area contributed by atoms with E-state index in [1.54, 1.807) is 0 Å². The summed E-state index contributed by atoms with van der Waals surface area (Å²) < 4.78 is 32.5. The number of nitrogens with zero attached hydrogens (tertiary/aromatic N) is 2. The number of rotatable bonds is 6.